The SMILES string of the molecule is C[C@H]1CN(C(=O)[C@@H](C)OCC2CC2)CC(C)(C)O1. The molecule has 0 aromatic carbocycles. The zero-order valence-corrected chi connectivity index (χ0v) is 11.9. The van der Waals surface area contributed by atoms with Crippen molar-refractivity contribution in [2.45, 2.75) is 58.3 Å². The van der Waals surface area contributed by atoms with Gasteiger partial charge in [0.25, 0.3) is 5.91 Å². The molecule has 4 nitrogen and oxygen atoms in total. The average Bonchev–Trinajstić information content (AvgIpc) is 3.05. The topological polar surface area (TPSA) is 38.8 Å². The molecule has 0 spiro atoms. The number of amides is 1. The molecule has 2 aliphatic rings. The molecular formula is C14H25NO3. The van der Waals surface area contributed by atoms with Gasteiger partial charge in [0, 0.05) is 13.1 Å². The largest absolute Gasteiger partial charge is 0.369 e. The second kappa shape index (κ2) is 5.17. The Morgan fingerprint density at radius 1 is 1.50 bits per heavy atom. The maximum atomic E-state index is 12.3. The minimum Gasteiger partial charge on any atom is -0.369 e. The first kappa shape index (κ1) is 13.8. The van der Waals surface area contributed by atoms with Gasteiger partial charge in [0.15, 0.2) is 0 Å². The number of carbonyl (C=O) groups is 1. The van der Waals surface area contributed by atoms with Crippen molar-refractivity contribution >= 4 is 5.91 Å². The van der Waals surface area contributed by atoms with Crippen LogP contribution in [0.15, 0.2) is 0 Å². The van der Waals surface area contributed by atoms with Gasteiger partial charge >= 0.3 is 0 Å². The third-order valence-corrected chi connectivity index (χ3v) is 3.51. The van der Waals surface area contributed by atoms with E-state index in [0.29, 0.717) is 19.0 Å². The Kier molecular flexibility index (Phi) is 3.97. The van der Waals surface area contributed by atoms with E-state index < -0.39 is 0 Å². The van der Waals surface area contributed by atoms with Gasteiger partial charge in [-0.15, -0.1) is 0 Å². The minimum atomic E-state index is -0.327. The van der Waals surface area contributed by atoms with Gasteiger partial charge in [-0.3, -0.25) is 4.79 Å². The lowest BCUT2D eigenvalue weighted by Gasteiger charge is -2.42. The number of rotatable bonds is 4. The fraction of sp³-hybridized carbons (Fsp3) is 0.929. The summed E-state index contributed by atoms with van der Waals surface area (Å²) in [5.74, 6) is 0.791. The maximum Gasteiger partial charge on any atom is 0.251 e. The number of hydrogen-bond donors (Lipinski definition) is 0. The molecule has 0 unspecified atom stereocenters. The Morgan fingerprint density at radius 2 is 2.17 bits per heavy atom. The molecule has 18 heavy (non-hydrogen) atoms. The first-order valence-corrected chi connectivity index (χ1v) is 6.95. The lowest BCUT2D eigenvalue weighted by Crippen LogP contribution is -2.55. The molecule has 0 radical (unpaired) electrons. The highest BCUT2D eigenvalue weighted by Gasteiger charge is 2.35. The van der Waals surface area contributed by atoms with Crippen LogP contribution in [0.3, 0.4) is 0 Å². The Bertz CT molecular complexity index is 312. The molecule has 1 aliphatic heterocycles. The number of morpholine rings is 1. The van der Waals surface area contributed by atoms with Crippen LogP contribution in [0.25, 0.3) is 0 Å². The summed E-state index contributed by atoms with van der Waals surface area (Å²) in [6, 6.07) is 0. The van der Waals surface area contributed by atoms with Crippen molar-refractivity contribution in [2.24, 2.45) is 5.92 Å². The molecule has 1 aliphatic carbocycles. The molecule has 1 amide bonds. The van der Waals surface area contributed by atoms with E-state index in [1.165, 1.54) is 12.8 Å². The van der Waals surface area contributed by atoms with Crippen molar-refractivity contribution in [3.05, 3.63) is 0 Å². The first-order valence-electron chi connectivity index (χ1n) is 6.95. The molecule has 2 atom stereocenters. The van der Waals surface area contributed by atoms with Crippen LogP contribution in [0.1, 0.15) is 40.5 Å². The van der Waals surface area contributed by atoms with Crippen molar-refractivity contribution in [1.29, 1.82) is 0 Å². The molecule has 104 valence electrons. The average molecular weight is 255 g/mol. The quantitative estimate of drug-likeness (QED) is 0.769. The Morgan fingerprint density at radius 3 is 2.72 bits per heavy atom. The zero-order valence-electron chi connectivity index (χ0n) is 11.9. The van der Waals surface area contributed by atoms with E-state index in [-0.39, 0.29) is 23.7 Å². The number of nitrogens with zero attached hydrogens (tertiary/aromatic N) is 1. The lowest BCUT2D eigenvalue weighted by molar-refractivity contribution is -0.167. The number of ether oxygens (including phenoxy) is 2. The molecular weight excluding hydrogens is 230 g/mol. The van der Waals surface area contributed by atoms with E-state index in [9.17, 15) is 4.79 Å². The van der Waals surface area contributed by atoms with Gasteiger partial charge in [-0.2, -0.15) is 0 Å². The van der Waals surface area contributed by atoms with Crippen LogP contribution < -0.4 is 0 Å². The third-order valence-electron chi connectivity index (χ3n) is 3.51. The summed E-state index contributed by atoms with van der Waals surface area (Å²) >= 11 is 0. The molecule has 4 heteroatoms. The van der Waals surface area contributed by atoms with Crippen LogP contribution in [0.4, 0.5) is 0 Å². The molecule has 0 aromatic heterocycles. The van der Waals surface area contributed by atoms with Gasteiger partial charge in [0.05, 0.1) is 18.3 Å². The molecule has 2 rings (SSSR count). The van der Waals surface area contributed by atoms with Gasteiger partial charge in [0.1, 0.15) is 6.10 Å². The van der Waals surface area contributed by atoms with Crippen molar-refractivity contribution in [2.75, 3.05) is 19.7 Å². The molecule has 1 heterocycles. The van der Waals surface area contributed by atoms with Gasteiger partial charge in [-0.05, 0) is 46.5 Å². The molecule has 0 aromatic rings. The summed E-state index contributed by atoms with van der Waals surface area (Å²) in [5, 5.41) is 0. The van der Waals surface area contributed by atoms with Gasteiger partial charge < -0.3 is 14.4 Å². The lowest BCUT2D eigenvalue weighted by atomic mass is 10.1. The summed E-state index contributed by atoms with van der Waals surface area (Å²) in [5.41, 5.74) is -0.260. The van der Waals surface area contributed by atoms with E-state index in [0.717, 1.165) is 6.61 Å². The van der Waals surface area contributed by atoms with Gasteiger partial charge in [0.2, 0.25) is 0 Å². The monoisotopic (exact) mass is 255 g/mol. The number of hydrogen-bond acceptors (Lipinski definition) is 3. The number of carbonyl (C=O) groups excluding carboxylic acids is 1. The predicted octanol–water partition coefficient (Wildman–Crippen LogP) is 1.83. The van der Waals surface area contributed by atoms with Crippen LogP contribution in [0.2, 0.25) is 0 Å². The van der Waals surface area contributed by atoms with Crippen LogP contribution in [0.5, 0.6) is 0 Å². The van der Waals surface area contributed by atoms with Crippen LogP contribution in [-0.4, -0.2) is 48.3 Å². The minimum absolute atomic E-state index is 0.0910. The highest BCUT2D eigenvalue weighted by molar-refractivity contribution is 5.80. The van der Waals surface area contributed by atoms with Gasteiger partial charge in [-0.25, -0.2) is 0 Å². The smallest absolute Gasteiger partial charge is 0.251 e. The molecule has 1 saturated heterocycles. The van der Waals surface area contributed by atoms with Crippen molar-refractivity contribution < 1.29 is 14.3 Å². The third kappa shape index (κ3) is 3.69. The van der Waals surface area contributed by atoms with E-state index in [1.807, 2.05) is 32.6 Å². The standard InChI is InChI=1S/C14H25NO3/c1-10-7-15(9-14(3,4)18-10)13(16)11(2)17-8-12-5-6-12/h10-12H,5-9H2,1-4H3/t10-,11+/m0/s1. The summed E-state index contributed by atoms with van der Waals surface area (Å²) < 4.78 is 11.5. The summed E-state index contributed by atoms with van der Waals surface area (Å²) in [6.07, 6.45) is 2.27. The normalized spacial score (nSPS) is 29.1. The van der Waals surface area contributed by atoms with E-state index in [4.69, 9.17) is 9.47 Å². The first-order chi connectivity index (χ1) is 8.37. The summed E-state index contributed by atoms with van der Waals surface area (Å²) in [4.78, 5) is 14.2. The summed E-state index contributed by atoms with van der Waals surface area (Å²) in [7, 11) is 0. The Balaban J connectivity index is 1.86. The fourth-order valence-corrected chi connectivity index (χ4v) is 2.51. The highest BCUT2D eigenvalue weighted by Crippen LogP contribution is 2.29. The second-order valence-corrected chi connectivity index (χ2v) is 6.33. The maximum absolute atomic E-state index is 12.3. The fourth-order valence-electron chi connectivity index (χ4n) is 2.51. The van der Waals surface area contributed by atoms with Crippen molar-refractivity contribution in [3.63, 3.8) is 0 Å². The van der Waals surface area contributed by atoms with E-state index in [2.05, 4.69) is 0 Å². The highest BCUT2D eigenvalue weighted by atomic mass is 16.5. The van der Waals surface area contributed by atoms with Crippen molar-refractivity contribution in [1.82, 2.24) is 4.90 Å². The van der Waals surface area contributed by atoms with Crippen LogP contribution in [-0.2, 0) is 14.3 Å². The van der Waals surface area contributed by atoms with Gasteiger partial charge in [-0.1, -0.05) is 0 Å². The van der Waals surface area contributed by atoms with Crippen molar-refractivity contribution in [3.8, 4) is 0 Å². The molecule has 0 N–H and O–H groups in total. The van der Waals surface area contributed by atoms with E-state index >= 15 is 0 Å². The Hall–Kier alpha value is -0.610. The second-order valence-electron chi connectivity index (χ2n) is 6.33. The summed E-state index contributed by atoms with van der Waals surface area (Å²) in [6.45, 7) is 9.97. The predicted molar refractivity (Wildman–Crippen MR) is 69.3 cm³/mol. The molecule has 2 fully saturated rings. The zero-order chi connectivity index (χ0) is 13.3. The molecule has 1 saturated carbocycles. The Labute approximate surface area is 110 Å². The van der Waals surface area contributed by atoms with E-state index in [1.54, 1.807) is 0 Å². The van der Waals surface area contributed by atoms with Crippen LogP contribution >= 0.6 is 0 Å². The molecule has 0 bridgehead atoms. The van der Waals surface area contributed by atoms with Crippen LogP contribution in [0, 0.1) is 5.92 Å².